The normalized spacial score (nSPS) is 16.7. The molecule has 0 aliphatic carbocycles. The molecule has 4 aromatic carbocycles. The molecule has 0 aromatic heterocycles. The Hall–Kier alpha value is -3.40. The van der Waals surface area contributed by atoms with Gasteiger partial charge in [0.15, 0.2) is 0 Å². The van der Waals surface area contributed by atoms with Crippen LogP contribution in [0.3, 0.4) is 0 Å². The molecule has 1 aliphatic heterocycles. The Morgan fingerprint density at radius 3 is 1.79 bits per heavy atom. The molecule has 5 rings (SSSR count). The molecule has 0 spiro atoms. The van der Waals surface area contributed by atoms with E-state index in [0.717, 1.165) is 25.1 Å². The van der Waals surface area contributed by atoms with Crippen LogP contribution in [-0.2, 0) is 13.0 Å². The molecular formula is C31H32N2O. The van der Waals surface area contributed by atoms with Gasteiger partial charge in [-0.3, -0.25) is 4.90 Å². The van der Waals surface area contributed by atoms with Gasteiger partial charge in [-0.2, -0.15) is 0 Å². The highest BCUT2D eigenvalue weighted by Gasteiger charge is 2.38. The number of benzene rings is 4. The van der Waals surface area contributed by atoms with Gasteiger partial charge in [0.1, 0.15) is 12.4 Å². The summed E-state index contributed by atoms with van der Waals surface area (Å²) in [4.78, 5) is 2.58. The predicted molar refractivity (Wildman–Crippen MR) is 139 cm³/mol. The van der Waals surface area contributed by atoms with Crippen molar-refractivity contribution >= 4 is 0 Å². The van der Waals surface area contributed by atoms with E-state index in [4.69, 9.17) is 10.5 Å². The lowest BCUT2D eigenvalue weighted by Gasteiger charge is -2.49. The zero-order valence-corrected chi connectivity index (χ0v) is 19.5. The summed E-state index contributed by atoms with van der Waals surface area (Å²) >= 11 is 0. The van der Waals surface area contributed by atoms with E-state index in [-0.39, 0.29) is 12.1 Å². The summed E-state index contributed by atoms with van der Waals surface area (Å²) in [7, 11) is 0. The molecule has 3 nitrogen and oxygen atoms in total. The molecule has 0 radical (unpaired) electrons. The number of hydrogen-bond donors (Lipinski definition) is 1. The van der Waals surface area contributed by atoms with Gasteiger partial charge in [-0.1, -0.05) is 103 Å². The van der Waals surface area contributed by atoms with Gasteiger partial charge in [0.2, 0.25) is 0 Å². The second kappa shape index (κ2) is 10.7. The van der Waals surface area contributed by atoms with Gasteiger partial charge in [-0.15, -0.1) is 0 Å². The number of likely N-dealkylation sites (tertiary alicyclic amines) is 1. The van der Waals surface area contributed by atoms with Crippen molar-refractivity contribution in [2.45, 2.75) is 37.6 Å². The first kappa shape index (κ1) is 22.4. The Balaban J connectivity index is 1.24. The summed E-state index contributed by atoms with van der Waals surface area (Å²) in [5, 5.41) is 0. The summed E-state index contributed by atoms with van der Waals surface area (Å²) in [5.41, 5.74) is 11.9. The zero-order chi connectivity index (χ0) is 23.2. The number of rotatable bonds is 9. The third-order valence-corrected chi connectivity index (χ3v) is 6.81. The van der Waals surface area contributed by atoms with Gasteiger partial charge in [0, 0.05) is 18.6 Å². The van der Waals surface area contributed by atoms with Gasteiger partial charge in [-0.25, -0.2) is 0 Å². The maximum Gasteiger partial charge on any atom is 0.119 e. The van der Waals surface area contributed by atoms with Crippen LogP contribution in [-0.4, -0.2) is 23.5 Å². The van der Waals surface area contributed by atoms with Crippen LogP contribution in [0.5, 0.6) is 5.75 Å². The van der Waals surface area contributed by atoms with Crippen molar-refractivity contribution < 1.29 is 4.74 Å². The van der Waals surface area contributed by atoms with Crippen molar-refractivity contribution in [3.05, 3.63) is 138 Å². The summed E-state index contributed by atoms with van der Waals surface area (Å²) in [6.45, 7) is 1.65. The smallest absolute Gasteiger partial charge is 0.119 e. The highest BCUT2D eigenvalue weighted by Crippen LogP contribution is 2.37. The standard InChI is InChI=1S/C31H32N2O/c32-29(22-24-16-18-28(19-17-24)34-23-25-10-4-1-5-11-25)30-20-21-33(30)31(26-12-6-2-7-13-26)27-14-8-3-9-15-27/h1-19,29-31H,20-23,32H2. The van der Waals surface area contributed by atoms with E-state index >= 15 is 0 Å². The van der Waals surface area contributed by atoms with Crippen LogP contribution in [0.2, 0.25) is 0 Å². The molecule has 1 heterocycles. The van der Waals surface area contributed by atoms with E-state index < -0.39 is 0 Å². The van der Waals surface area contributed by atoms with Crippen molar-refractivity contribution in [2.75, 3.05) is 6.54 Å². The summed E-state index contributed by atoms with van der Waals surface area (Å²) < 4.78 is 5.94. The molecule has 2 N–H and O–H groups in total. The minimum absolute atomic E-state index is 0.0831. The largest absolute Gasteiger partial charge is 0.489 e. The fourth-order valence-corrected chi connectivity index (χ4v) is 4.92. The van der Waals surface area contributed by atoms with Gasteiger partial charge in [0.05, 0.1) is 6.04 Å². The molecule has 1 aliphatic rings. The van der Waals surface area contributed by atoms with Crippen molar-refractivity contribution in [3.63, 3.8) is 0 Å². The number of nitrogens with zero attached hydrogens (tertiary/aromatic N) is 1. The van der Waals surface area contributed by atoms with Crippen molar-refractivity contribution in [2.24, 2.45) is 5.73 Å². The van der Waals surface area contributed by atoms with Crippen molar-refractivity contribution in [1.29, 1.82) is 0 Å². The van der Waals surface area contributed by atoms with E-state index in [1.807, 2.05) is 18.2 Å². The molecule has 172 valence electrons. The molecule has 3 heteroatoms. The molecule has 0 amide bonds. The summed E-state index contributed by atoms with van der Waals surface area (Å²) in [6.07, 6.45) is 1.99. The molecule has 1 fully saturated rings. The highest BCUT2D eigenvalue weighted by molar-refractivity contribution is 5.33. The Morgan fingerprint density at radius 1 is 0.706 bits per heavy atom. The Morgan fingerprint density at radius 2 is 1.26 bits per heavy atom. The number of nitrogens with two attached hydrogens (primary N) is 1. The topological polar surface area (TPSA) is 38.5 Å². The third kappa shape index (κ3) is 5.22. The number of ether oxygens (including phenoxy) is 1. The monoisotopic (exact) mass is 448 g/mol. The van der Waals surface area contributed by atoms with Gasteiger partial charge >= 0.3 is 0 Å². The van der Waals surface area contributed by atoms with E-state index in [2.05, 4.69) is 102 Å². The Bertz CT molecular complexity index is 1110. The van der Waals surface area contributed by atoms with E-state index in [9.17, 15) is 0 Å². The second-order valence-corrected chi connectivity index (χ2v) is 9.10. The highest BCUT2D eigenvalue weighted by atomic mass is 16.5. The first-order valence-corrected chi connectivity index (χ1v) is 12.1. The van der Waals surface area contributed by atoms with Crippen LogP contribution < -0.4 is 10.5 Å². The lowest BCUT2D eigenvalue weighted by atomic mass is 9.85. The molecule has 0 saturated carbocycles. The number of hydrogen-bond acceptors (Lipinski definition) is 3. The Kier molecular flexibility index (Phi) is 7.04. The van der Waals surface area contributed by atoms with Crippen molar-refractivity contribution in [1.82, 2.24) is 4.90 Å². The van der Waals surface area contributed by atoms with E-state index in [1.165, 1.54) is 22.3 Å². The van der Waals surface area contributed by atoms with Crippen LogP contribution in [0.1, 0.15) is 34.7 Å². The van der Waals surface area contributed by atoms with Crippen LogP contribution in [0.15, 0.2) is 115 Å². The minimum atomic E-state index is 0.0831. The molecule has 34 heavy (non-hydrogen) atoms. The average molecular weight is 449 g/mol. The average Bonchev–Trinajstić information content (AvgIpc) is 2.87. The summed E-state index contributed by atoms with van der Waals surface area (Å²) in [6, 6.07) is 40.9. The minimum Gasteiger partial charge on any atom is -0.489 e. The fourth-order valence-electron chi connectivity index (χ4n) is 4.92. The third-order valence-electron chi connectivity index (χ3n) is 6.81. The molecule has 2 atom stereocenters. The molecule has 1 saturated heterocycles. The lowest BCUT2D eigenvalue weighted by Crippen LogP contribution is -2.58. The van der Waals surface area contributed by atoms with Crippen LogP contribution in [0, 0.1) is 0 Å². The lowest BCUT2D eigenvalue weighted by molar-refractivity contribution is 0.0397. The predicted octanol–water partition coefficient (Wildman–Crippen LogP) is 6.00. The fraction of sp³-hybridized carbons (Fsp3) is 0.226. The van der Waals surface area contributed by atoms with Crippen LogP contribution in [0.4, 0.5) is 0 Å². The SMILES string of the molecule is NC(Cc1ccc(OCc2ccccc2)cc1)C1CCN1C(c1ccccc1)c1ccccc1. The quantitative estimate of drug-likeness (QED) is 0.341. The van der Waals surface area contributed by atoms with Gasteiger partial charge < -0.3 is 10.5 Å². The van der Waals surface area contributed by atoms with Crippen molar-refractivity contribution in [3.8, 4) is 5.75 Å². The van der Waals surface area contributed by atoms with Gasteiger partial charge in [0.25, 0.3) is 0 Å². The zero-order valence-electron chi connectivity index (χ0n) is 19.5. The second-order valence-electron chi connectivity index (χ2n) is 9.10. The van der Waals surface area contributed by atoms with E-state index in [1.54, 1.807) is 0 Å². The molecular weight excluding hydrogens is 416 g/mol. The summed E-state index contributed by atoms with van der Waals surface area (Å²) in [5.74, 6) is 0.889. The van der Waals surface area contributed by atoms with Gasteiger partial charge in [-0.05, 0) is 47.2 Å². The van der Waals surface area contributed by atoms with E-state index in [0.29, 0.717) is 12.6 Å². The first-order chi connectivity index (χ1) is 16.8. The Labute approximate surface area is 202 Å². The van der Waals surface area contributed by atoms with Crippen LogP contribution in [0.25, 0.3) is 0 Å². The molecule has 4 aromatic rings. The molecule has 2 unspecified atom stereocenters. The first-order valence-electron chi connectivity index (χ1n) is 12.1. The van der Waals surface area contributed by atoms with Crippen LogP contribution >= 0.6 is 0 Å². The maximum atomic E-state index is 6.80. The molecule has 0 bridgehead atoms. The maximum absolute atomic E-state index is 6.80.